The number of benzene rings is 1. The molecule has 110 valence electrons. The summed E-state index contributed by atoms with van der Waals surface area (Å²) in [5.74, 6) is 1.66. The molecule has 1 aromatic rings. The molecule has 1 aliphatic carbocycles. The minimum absolute atomic E-state index is 0.112. The highest BCUT2D eigenvalue weighted by Crippen LogP contribution is 2.30. The summed E-state index contributed by atoms with van der Waals surface area (Å²) in [6.07, 6.45) is 3.46. The lowest BCUT2D eigenvalue weighted by Gasteiger charge is -2.13. The summed E-state index contributed by atoms with van der Waals surface area (Å²) in [5, 5.41) is 2.99. The first kappa shape index (κ1) is 15.2. The molecule has 1 saturated carbocycles. The molecule has 4 nitrogen and oxygen atoms in total. The van der Waals surface area contributed by atoms with Gasteiger partial charge in [-0.3, -0.25) is 4.79 Å². The fourth-order valence-corrected chi connectivity index (χ4v) is 3.32. The smallest absolute Gasteiger partial charge is 0.255 e. The van der Waals surface area contributed by atoms with Crippen LogP contribution in [0.5, 0.6) is 11.5 Å². The van der Waals surface area contributed by atoms with Crippen molar-refractivity contribution >= 4 is 21.8 Å². The van der Waals surface area contributed by atoms with Crippen molar-refractivity contribution in [3.63, 3.8) is 0 Å². The van der Waals surface area contributed by atoms with Crippen LogP contribution < -0.4 is 14.8 Å². The molecular formula is C15H20BrNO3. The first-order valence-corrected chi connectivity index (χ1v) is 7.70. The van der Waals surface area contributed by atoms with Gasteiger partial charge >= 0.3 is 0 Å². The van der Waals surface area contributed by atoms with Gasteiger partial charge in [-0.05, 0) is 43.4 Å². The Balaban J connectivity index is 2.00. The third kappa shape index (κ3) is 3.66. The molecule has 1 fully saturated rings. The molecule has 0 heterocycles. The average molecular weight is 342 g/mol. The third-order valence-corrected chi connectivity index (χ3v) is 4.51. The van der Waals surface area contributed by atoms with Crippen LogP contribution in [0.15, 0.2) is 18.2 Å². The topological polar surface area (TPSA) is 47.6 Å². The monoisotopic (exact) mass is 341 g/mol. The number of carbonyl (C=O) groups is 1. The summed E-state index contributed by atoms with van der Waals surface area (Å²) < 4.78 is 10.4. The molecule has 0 spiro atoms. The van der Waals surface area contributed by atoms with Gasteiger partial charge in [-0.1, -0.05) is 15.9 Å². The number of carbonyl (C=O) groups excluding carboxylic acids is 1. The molecular weight excluding hydrogens is 322 g/mol. The molecule has 0 aromatic heterocycles. The van der Waals surface area contributed by atoms with Crippen LogP contribution in [0.4, 0.5) is 0 Å². The second kappa shape index (κ2) is 6.97. The van der Waals surface area contributed by atoms with E-state index in [4.69, 9.17) is 9.47 Å². The van der Waals surface area contributed by atoms with Crippen molar-refractivity contribution in [2.45, 2.75) is 24.1 Å². The lowest BCUT2D eigenvalue weighted by Crippen LogP contribution is -2.28. The molecule has 1 N–H and O–H groups in total. The Bertz CT molecular complexity index is 478. The number of alkyl halides is 1. The van der Waals surface area contributed by atoms with E-state index in [1.165, 1.54) is 6.42 Å². The van der Waals surface area contributed by atoms with Crippen LogP contribution in [-0.2, 0) is 0 Å². The van der Waals surface area contributed by atoms with Crippen molar-refractivity contribution in [3.8, 4) is 11.5 Å². The van der Waals surface area contributed by atoms with E-state index in [2.05, 4.69) is 21.2 Å². The first-order chi connectivity index (χ1) is 9.63. The van der Waals surface area contributed by atoms with E-state index >= 15 is 0 Å². The fraction of sp³-hybridized carbons (Fsp3) is 0.533. The highest BCUT2D eigenvalue weighted by Gasteiger charge is 2.23. The second-order valence-electron chi connectivity index (χ2n) is 5.05. The van der Waals surface area contributed by atoms with Gasteiger partial charge in [0.05, 0.1) is 19.8 Å². The number of nitrogens with one attached hydrogen (secondary N) is 1. The van der Waals surface area contributed by atoms with Crippen molar-refractivity contribution in [1.82, 2.24) is 5.32 Å². The van der Waals surface area contributed by atoms with Crippen molar-refractivity contribution in [3.05, 3.63) is 23.8 Å². The first-order valence-electron chi connectivity index (χ1n) is 6.78. The summed E-state index contributed by atoms with van der Waals surface area (Å²) in [7, 11) is 3.14. The van der Waals surface area contributed by atoms with Gasteiger partial charge in [-0.15, -0.1) is 0 Å². The molecule has 0 radical (unpaired) electrons. The van der Waals surface area contributed by atoms with E-state index in [-0.39, 0.29) is 5.91 Å². The lowest BCUT2D eigenvalue weighted by molar-refractivity contribution is 0.0944. The highest BCUT2D eigenvalue weighted by molar-refractivity contribution is 9.09. The maximum absolute atomic E-state index is 12.3. The van der Waals surface area contributed by atoms with Gasteiger partial charge in [0, 0.05) is 11.4 Å². The molecule has 0 saturated heterocycles. The zero-order valence-electron chi connectivity index (χ0n) is 11.8. The minimum atomic E-state index is -0.112. The number of methoxy groups -OCH3 is 2. The molecule has 2 atom stereocenters. The van der Waals surface area contributed by atoms with Gasteiger partial charge in [-0.25, -0.2) is 0 Å². The maximum Gasteiger partial charge on any atom is 0.255 e. The van der Waals surface area contributed by atoms with Gasteiger partial charge in [0.1, 0.15) is 11.5 Å². The van der Waals surface area contributed by atoms with Crippen molar-refractivity contribution < 1.29 is 14.3 Å². The zero-order chi connectivity index (χ0) is 14.5. The summed E-state index contributed by atoms with van der Waals surface area (Å²) >= 11 is 3.62. The lowest BCUT2D eigenvalue weighted by atomic mass is 10.1. The van der Waals surface area contributed by atoms with E-state index in [1.54, 1.807) is 32.4 Å². The van der Waals surface area contributed by atoms with Crippen molar-refractivity contribution in [2.75, 3.05) is 20.8 Å². The van der Waals surface area contributed by atoms with Crippen LogP contribution in [0, 0.1) is 5.92 Å². The summed E-state index contributed by atoms with van der Waals surface area (Å²) in [4.78, 5) is 12.9. The van der Waals surface area contributed by atoms with Crippen LogP contribution in [0.3, 0.4) is 0 Å². The predicted molar refractivity (Wildman–Crippen MR) is 81.9 cm³/mol. The van der Waals surface area contributed by atoms with Gasteiger partial charge in [0.2, 0.25) is 0 Å². The third-order valence-electron chi connectivity index (χ3n) is 3.68. The molecule has 1 aliphatic rings. The SMILES string of the molecule is COc1ccc(OC)c(C(=O)NCC2CCC(Br)C2)c1. The average Bonchev–Trinajstić information content (AvgIpc) is 2.89. The molecule has 20 heavy (non-hydrogen) atoms. The van der Waals surface area contributed by atoms with Gasteiger partial charge in [0.25, 0.3) is 5.91 Å². The highest BCUT2D eigenvalue weighted by atomic mass is 79.9. The largest absolute Gasteiger partial charge is 0.497 e. The van der Waals surface area contributed by atoms with Crippen LogP contribution >= 0.6 is 15.9 Å². The van der Waals surface area contributed by atoms with Crippen LogP contribution in [0.1, 0.15) is 29.6 Å². The normalized spacial score (nSPS) is 21.6. The van der Waals surface area contributed by atoms with Gasteiger partial charge < -0.3 is 14.8 Å². The molecule has 0 bridgehead atoms. The summed E-state index contributed by atoms with van der Waals surface area (Å²) in [5.41, 5.74) is 0.514. The predicted octanol–water partition coefficient (Wildman–Crippen LogP) is 3.00. The van der Waals surface area contributed by atoms with E-state index in [1.807, 2.05) is 0 Å². The number of hydrogen-bond donors (Lipinski definition) is 1. The molecule has 1 aromatic carbocycles. The van der Waals surface area contributed by atoms with E-state index < -0.39 is 0 Å². The van der Waals surface area contributed by atoms with Crippen molar-refractivity contribution in [1.29, 1.82) is 0 Å². The Morgan fingerprint density at radius 1 is 1.35 bits per heavy atom. The molecule has 2 rings (SSSR count). The number of ether oxygens (including phenoxy) is 2. The van der Waals surface area contributed by atoms with Crippen molar-refractivity contribution in [2.24, 2.45) is 5.92 Å². The second-order valence-corrected chi connectivity index (χ2v) is 6.35. The standard InChI is InChI=1S/C15H20BrNO3/c1-19-12-5-6-14(20-2)13(8-12)15(18)17-9-10-3-4-11(16)7-10/h5-6,8,10-11H,3-4,7,9H2,1-2H3,(H,17,18). The maximum atomic E-state index is 12.3. The molecule has 0 aliphatic heterocycles. The Kier molecular flexibility index (Phi) is 5.29. The number of hydrogen-bond acceptors (Lipinski definition) is 3. The van der Waals surface area contributed by atoms with Gasteiger partial charge in [-0.2, -0.15) is 0 Å². The summed E-state index contributed by atoms with van der Waals surface area (Å²) in [6.45, 7) is 0.710. The van der Waals surface area contributed by atoms with Crippen LogP contribution in [0.25, 0.3) is 0 Å². The number of halogens is 1. The van der Waals surface area contributed by atoms with Crippen LogP contribution in [-0.4, -0.2) is 31.5 Å². The number of rotatable bonds is 5. The van der Waals surface area contributed by atoms with Crippen LogP contribution in [0.2, 0.25) is 0 Å². The number of amides is 1. The fourth-order valence-electron chi connectivity index (χ4n) is 2.52. The van der Waals surface area contributed by atoms with Gasteiger partial charge in [0.15, 0.2) is 0 Å². The minimum Gasteiger partial charge on any atom is -0.497 e. The summed E-state index contributed by atoms with van der Waals surface area (Å²) in [6, 6.07) is 5.23. The molecule has 5 heteroatoms. The molecule has 2 unspecified atom stereocenters. The molecule has 1 amide bonds. The zero-order valence-corrected chi connectivity index (χ0v) is 13.4. The van der Waals surface area contributed by atoms with E-state index in [9.17, 15) is 4.79 Å². The Morgan fingerprint density at radius 3 is 2.75 bits per heavy atom. The quantitative estimate of drug-likeness (QED) is 0.837. The van der Waals surface area contributed by atoms with E-state index in [0.717, 1.165) is 12.8 Å². The van der Waals surface area contributed by atoms with E-state index in [0.29, 0.717) is 34.4 Å². The Hall–Kier alpha value is -1.23. The Morgan fingerprint density at radius 2 is 2.15 bits per heavy atom. The Labute approximate surface area is 128 Å².